The Balaban J connectivity index is 1.78. The first-order chi connectivity index (χ1) is 11.4. The fourth-order valence-corrected chi connectivity index (χ4v) is 2.76. The number of hydrogen-bond donors (Lipinski definition) is 2. The SMILES string of the molecule is NC(N)=NCCCCN1CCN(c2cccc(C(F)(F)F)c2)CC1. The Morgan fingerprint density at radius 2 is 1.79 bits per heavy atom. The van der Waals surface area contributed by atoms with Gasteiger partial charge in [0.25, 0.3) is 0 Å². The highest BCUT2D eigenvalue weighted by atomic mass is 19.4. The molecule has 0 atom stereocenters. The summed E-state index contributed by atoms with van der Waals surface area (Å²) in [6.45, 7) is 4.74. The Morgan fingerprint density at radius 3 is 2.42 bits per heavy atom. The van der Waals surface area contributed by atoms with E-state index in [0.29, 0.717) is 12.2 Å². The zero-order valence-corrected chi connectivity index (χ0v) is 13.6. The van der Waals surface area contributed by atoms with Crippen LogP contribution in [0.25, 0.3) is 0 Å². The lowest BCUT2D eigenvalue weighted by Gasteiger charge is -2.36. The summed E-state index contributed by atoms with van der Waals surface area (Å²) in [7, 11) is 0. The monoisotopic (exact) mass is 343 g/mol. The van der Waals surface area contributed by atoms with Gasteiger partial charge < -0.3 is 16.4 Å². The number of alkyl halides is 3. The first-order valence-corrected chi connectivity index (χ1v) is 8.06. The molecule has 0 spiro atoms. The highest BCUT2D eigenvalue weighted by Gasteiger charge is 2.31. The van der Waals surface area contributed by atoms with Gasteiger partial charge in [0.1, 0.15) is 0 Å². The van der Waals surface area contributed by atoms with E-state index >= 15 is 0 Å². The summed E-state index contributed by atoms with van der Waals surface area (Å²) in [4.78, 5) is 8.26. The van der Waals surface area contributed by atoms with E-state index in [2.05, 4.69) is 9.89 Å². The van der Waals surface area contributed by atoms with Crippen molar-refractivity contribution in [2.45, 2.75) is 19.0 Å². The van der Waals surface area contributed by atoms with Crippen molar-refractivity contribution in [2.24, 2.45) is 16.5 Å². The molecule has 5 nitrogen and oxygen atoms in total. The van der Waals surface area contributed by atoms with Crippen LogP contribution in [-0.2, 0) is 6.18 Å². The van der Waals surface area contributed by atoms with Crippen LogP contribution in [0.3, 0.4) is 0 Å². The Kier molecular flexibility index (Phi) is 6.30. The Hall–Kier alpha value is -1.96. The van der Waals surface area contributed by atoms with Crippen LogP contribution < -0.4 is 16.4 Å². The van der Waals surface area contributed by atoms with E-state index in [1.165, 1.54) is 12.1 Å². The normalized spacial score (nSPS) is 16.2. The highest BCUT2D eigenvalue weighted by Crippen LogP contribution is 2.31. The number of halogens is 3. The number of piperazine rings is 1. The summed E-state index contributed by atoms with van der Waals surface area (Å²) in [5, 5.41) is 0. The molecule has 1 aromatic carbocycles. The fraction of sp³-hybridized carbons (Fsp3) is 0.562. The summed E-state index contributed by atoms with van der Waals surface area (Å²) in [6, 6.07) is 5.54. The van der Waals surface area contributed by atoms with E-state index in [1.54, 1.807) is 6.07 Å². The molecule has 2 rings (SSSR count). The molecule has 0 saturated carbocycles. The lowest BCUT2D eigenvalue weighted by Crippen LogP contribution is -2.46. The number of nitrogens with zero attached hydrogens (tertiary/aromatic N) is 3. The van der Waals surface area contributed by atoms with Crippen LogP contribution in [0.2, 0.25) is 0 Å². The predicted molar refractivity (Wildman–Crippen MR) is 90.0 cm³/mol. The third-order valence-corrected chi connectivity index (χ3v) is 4.09. The number of unbranched alkanes of at least 4 members (excludes halogenated alkanes) is 1. The van der Waals surface area contributed by atoms with Crippen molar-refractivity contribution in [1.82, 2.24) is 4.90 Å². The van der Waals surface area contributed by atoms with E-state index in [9.17, 15) is 13.2 Å². The van der Waals surface area contributed by atoms with Gasteiger partial charge in [-0.15, -0.1) is 0 Å². The lowest BCUT2D eigenvalue weighted by atomic mass is 10.1. The second-order valence-electron chi connectivity index (χ2n) is 5.89. The van der Waals surface area contributed by atoms with E-state index in [4.69, 9.17) is 11.5 Å². The largest absolute Gasteiger partial charge is 0.416 e. The van der Waals surface area contributed by atoms with Crippen molar-refractivity contribution in [3.63, 3.8) is 0 Å². The first kappa shape index (κ1) is 18.4. The number of guanidine groups is 1. The Labute approximate surface area is 140 Å². The lowest BCUT2D eigenvalue weighted by molar-refractivity contribution is -0.137. The van der Waals surface area contributed by atoms with Crippen LogP contribution in [0.5, 0.6) is 0 Å². The molecule has 0 unspecified atom stereocenters. The number of hydrogen-bond acceptors (Lipinski definition) is 3. The number of rotatable bonds is 6. The van der Waals surface area contributed by atoms with E-state index < -0.39 is 11.7 Å². The minimum atomic E-state index is -4.30. The maximum Gasteiger partial charge on any atom is 0.416 e. The standard InChI is InChI=1S/C16H24F3N5/c17-16(18,19)13-4-3-5-14(12-13)24-10-8-23(9-11-24)7-2-1-6-22-15(20)21/h3-5,12H,1-2,6-11H2,(H4,20,21,22). The molecule has 1 saturated heterocycles. The van der Waals surface area contributed by atoms with Crippen molar-refractivity contribution in [3.05, 3.63) is 29.8 Å². The summed E-state index contributed by atoms with van der Waals surface area (Å²) in [6.07, 6.45) is -2.38. The van der Waals surface area contributed by atoms with Crippen LogP contribution in [0.1, 0.15) is 18.4 Å². The van der Waals surface area contributed by atoms with Gasteiger partial charge in [0.2, 0.25) is 0 Å². The molecular weight excluding hydrogens is 319 g/mol. The van der Waals surface area contributed by atoms with Crippen LogP contribution >= 0.6 is 0 Å². The van der Waals surface area contributed by atoms with Gasteiger partial charge in [-0.05, 0) is 37.6 Å². The number of aliphatic imine (C=N–C) groups is 1. The van der Waals surface area contributed by atoms with Gasteiger partial charge in [-0.2, -0.15) is 13.2 Å². The zero-order valence-electron chi connectivity index (χ0n) is 13.6. The smallest absolute Gasteiger partial charge is 0.370 e. The molecule has 1 aliphatic heterocycles. The Morgan fingerprint density at radius 1 is 1.08 bits per heavy atom. The molecule has 1 fully saturated rings. The van der Waals surface area contributed by atoms with Gasteiger partial charge in [-0.1, -0.05) is 6.07 Å². The second kappa shape index (κ2) is 8.23. The maximum absolute atomic E-state index is 12.8. The van der Waals surface area contributed by atoms with Gasteiger partial charge in [0.15, 0.2) is 5.96 Å². The van der Waals surface area contributed by atoms with Gasteiger partial charge >= 0.3 is 6.18 Å². The maximum atomic E-state index is 12.8. The third-order valence-electron chi connectivity index (χ3n) is 4.09. The first-order valence-electron chi connectivity index (χ1n) is 8.06. The molecule has 0 bridgehead atoms. The van der Waals surface area contributed by atoms with E-state index in [-0.39, 0.29) is 5.96 Å². The number of benzene rings is 1. The fourth-order valence-electron chi connectivity index (χ4n) is 2.76. The Bertz CT molecular complexity index is 547. The molecule has 0 amide bonds. The van der Waals surface area contributed by atoms with Crippen molar-refractivity contribution >= 4 is 11.6 Å². The van der Waals surface area contributed by atoms with Gasteiger partial charge in [0, 0.05) is 38.4 Å². The molecule has 1 heterocycles. The van der Waals surface area contributed by atoms with Crippen LogP contribution in [-0.4, -0.2) is 50.1 Å². The molecule has 24 heavy (non-hydrogen) atoms. The molecule has 0 aliphatic carbocycles. The molecule has 1 aliphatic rings. The average Bonchev–Trinajstić information content (AvgIpc) is 2.54. The molecule has 134 valence electrons. The van der Waals surface area contributed by atoms with Crippen molar-refractivity contribution in [1.29, 1.82) is 0 Å². The van der Waals surface area contributed by atoms with Crippen molar-refractivity contribution < 1.29 is 13.2 Å². The molecule has 8 heteroatoms. The van der Waals surface area contributed by atoms with Gasteiger partial charge in [-0.25, -0.2) is 0 Å². The topological polar surface area (TPSA) is 70.9 Å². The predicted octanol–water partition coefficient (Wildman–Crippen LogP) is 1.88. The summed E-state index contributed by atoms with van der Waals surface area (Å²) in [5.74, 6) is 0.115. The minimum Gasteiger partial charge on any atom is -0.370 e. The van der Waals surface area contributed by atoms with Crippen LogP contribution in [0.4, 0.5) is 18.9 Å². The minimum absolute atomic E-state index is 0.115. The van der Waals surface area contributed by atoms with Crippen molar-refractivity contribution in [2.75, 3.05) is 44.2 Å². The molecular formula is C16H24F3N5. The summed E-state index contributed by atoms with van der Waals surface area (Å²) >= 11 is 0. The summed E-state index contributed by atoms with van der Waals surface area (Å²) in [5.41, 5.74) is 10.6. The second-order valence-corrected chi connectivity index (χ2v) is 5.89. The molecule has 1 aromatic rings. The summed E-state index contributed by atoms with van der Waals surface area (Å²) < 4.78 is 38.4. The third kappa shape index (κ3) is 5.59. The number of nitrogens with two attached hydrogens (primary N) is 2. The van der Waals surface area contributed by atoms with Crippen LogP contribution in [0.15, 0.2) is 29.3 Å². The van der Waals surface area contributed by atoms with Crippen LogP contribution in [0, 0.1) is 0 Å². The molecule has 0 radical (unpaired) electrons. The van der Waals surface area contributed by atoms with Gasteiger partial charge in [0.05, 0.1) is 5.56 Å². The highest BCUT2D eigenvalue weighted by molar-refractivity contribution is 5.75. The number of anilines is 1. The molecule has 4 N–H and O–H groups in total. The quantitative estimate of drug-likeness (QED) is 0.470. The van der Waals surface area contributed by atoms with Gasteiger partial charge in [-0.3, -0.25) is 9.89 Å². The zero-order chi connectivity index (χ0) is 17.6. The van der Waals surface area contributed by atoms with E-state index in [0.717, 1.165) is 51.6 Å². The average molecular weight is 343 g/mol. The van der Waals surface area contributed by atoms with E-state index in [1.807, 2.05) is 4.90 Å². The van der Waals surface area contributed by atoms with Crippen molar-refractivity contribution in [3.8, 4) is 0 Å². The molecule has 0 aromatic heterocycles.